The Hall–Kier alpha value is -3.28. The van der Waals surface area contributed by atoms with E-state index in [1.165, 1.54) is 24.3 Å². The monoisotopic (exact) mass is 368 g/mol. The largest absolute Gasteiger partial charge is 0.438 e. The van der Waals surface area contributed by atoms with E-state index in [1.54, 1.807) is 0 Å². The fourth-order valence-electron chi connectivity index (χ4n) is 2.63. The number of nitrogens with zero attached hydrogens (tertiary/aromatic N) is 1. The lowest BCUT2D eigenvalue weighted by Crippen LogP contribution is -2.28. The maximum absolute atomic E-state index is 13.7. The van der Waals surface area contributed by atoms with Crippen LogP contribution in [0.25, 0.3) is 0 Å². The number of ether oxygens (including phenoxy) is 1. The minimum Gasteiger partial charge on any atom is -0.438 e. The number of hydrogen-bond acceptors (Lipinski definition) is 3. The summed E-state index contributed by atoms with van der Waals surface area (Å²) in [4.78, 5) is 16.6. The molecular weight excluding hydrogens is 350 g/mol. The number of carbonyl (C=O) groups excluding carboxylic acids is 1. The summed E-state index contributed by atoms with van der Waals surface area (Å²) in [7, 11) is 0. The molecule has 1 amide bonds. The summed E-state index contributed by atoms with van der Waals surface area (Å²) < 4.78 is 32.3. The van der Waals surface area contributed by atoms with E-state index in [2.05, 4.69) is 10.3 Å². The summed E-state index contributed by atoms with van der Waals surface area (Å²) in [5.41, 5.74) is 0.910. The van der Waals surface area contributed by atoms with Crippen LogP contribution < -0.4 is 10.1 Å². The number of nitrogens with one attached hydrogen (secondary N) is 1. The lowest BCUT2D eigenvalue weighted by atomic mass is 10.0. The van der Waals surface area contributed by atoms with Gasteiger partial charge in [-0.1, -0.05) is 37.3 Å². The first-order chi connectivity index (χ1) is 13.1. The molecule has 1 aromatic heterocycles. The van der Waals surface area contributed by atoms with Gasteiger partial charge in [-0.2, -0.15) is 0 Å². The standard InChI is InChI=1S/C21H18F2N2O2/c1-2-19(14-6-4-3-5-7-14)25-20(26)18-12-16(23)13-24-21(18)27-17-10-8-15(22)9-11-17/h3-13,19H,2H2,1H3,(H,25,26). The smallest absolute Gasteiger partial charge is 0.257 e. The summed E-state index contributed by atoms with van der Waals surface area (Å²) in [6, 6.07) is 15.6. The first kappa shape index (κ1) is 18.5. The predicted octanol–water partition coefficient (Wildman–Crippen LogP) is 5.03. The number of rotatable bonds is 6. The Morgan fingerprint density at radius 3 is 2.44 bits per heavy atom. The molecular formula is C21H18F2N2O2. The van der Waals surface area contributed by atoms with E-state index in [-0.39, 0.29) is 17.5 Å². The van der Waals surface area contributed by atoms with Gasteiger partial charge in [-0.05, 0) is 42.3 Å². The fourth-order valence-corrected chi connectivity index (χ4v) is 2.63. The van der Waals surface area contributed by atoms with Gasteiger partial charge >= 0.3 is 0 Å². The molecule has 0 spiro atoms. The van der Waals surface area contributed by atoms with Gasteiger partial charge in [-0.15, -0.1) is 0 Å². The SMILES string of the molecule is CCC(NC(=O)c1cc(F)cnc1Oc1ccc(F)cc1)c1ccccc1. The zero-order valence-electron chi connectivity index (χ0n) is 14.7. The van der Waals surface area contributed by atoms with Crippen molar-refractivity contribution in [2.45, 2.75) is 19.4 Å². The highest BCUT2D eigenvalue weighted by atomic mass is 19.1. The molecule has 6 heteroatoms. The Kier molecular flexibility index (Phi) is 5.76. The van der Waals surface area contributed by atoms with Gasteiger partial charge in [0.25, 0.3) is 5.91 Å². The van der Waals surface area contributed by atoms with Crippen LogP contribution in [0.2, 0.25) is 0 Å². The van der Waals surface area contributed by atoms with Crippen molar-refractivity contribution in [3.63, 3.8) is 0 Å². The van der Waals surface area contributed by atoms with Crippen molar-refractivity contribution < 1.29 is 18.3 Å². The molecule has 1 heterocycles. The number of pyridine rings is 1. The zero-order valence-corrected chi connectivity index (χ0v) is 14.7. The Morgan fingerprint density at radius 1 is 1.07 bits per heavy atom. The Balaban J connectivity index is 1.85. The molecule has 0 aliphatic rings. The van der Waals surface area contributed by atoms with Crippen LogP contribution in [0.3, 0.4) is 0 Å². The minimum absolute atomic E-state index is 0.0336. The molecule has 0 aliphatic carbocycles. The second-order valence-electron chi connectivity index (χ2n) is 5.91. The third kappa shape index (κ3) is 4.67. The second kappa shape index (κ2) is 8.40. The molecule has 0 bridgehead atoms. The zero-order chi connectivity index (χ0) is 19.2. The highest BCUT2D eigenvalue weighted by Gasteiger charge is 2.20. The Morgan fingerprint density at radius 2 is 1.78 bits per heavy atom. The number of aromatic nitrogens is 1. The molecule has 1 atom stereocenters. The van der Waals surface area contributed by atoms with Crippen LogP contribution in [0.1, 0.15) is 35.3 Å². The van der Waals surface area contributed by atoms with Gasteiger partial charge in [0.2, 0.25) is 5.88 Å². The van der Waals surface area contributed by atoms with E-state index in [9.17, 15) is 13.6 Å². The molecule has 4 nitrogen and oxygen atoms in total. The first-order valence-electron chi connectivity index (χ1n) is 8.51. The molecule has 0 aliphatic heterocycles. The van der Waals surface area contributed by atoms with Crippen LogP contribution in [0.15, 0.2) is 66.9 Å². The van der Waals surface area contributed by atoms with E-state index >= 15 is 0 Å². The molecule has 1 unspecified atom stereocenters. The Labute approximate surface area is 155 Å². The summed E-state index contributed by atoms with van der Waals surface area (Å²) in [6.45, 7) is 1.94. The van der Waals surface area contributed by atoms with Crippen LogP contribution in [0, 0.1) is 11.6 Å². The van der Waals surface area contributed by atoms with Crippen LogP contribution in [-0.2, 0) is 0 Å². The maximum atomic E-state index is 13.7. The molecule has 1 N–H and O–H groups in total. The van der Waals surface area contributed by atoms with Crippen LogP contribution in [0.5, 0.6) is 11.6 Å². The Bertz CT molecular complexity index is 915. The first-order valence-corrected chi connectivity index (χ1v) is 8.51. The molecule has 138 valence electrons. The van der Waals surface area contributed by atoms with Gasteiger partial charge in [0.15, 0.2) is 0 Å². The van der Waals surface area contributed by atoms with Crippen molar-refractivity contribution in [3.8, 4) is 11.6 Å². The van der Waals surface area contributed by atoms with Crippen LogP contribution >= 0.6 is 0 Å². The lowest BCUT2D eigenvalue weighted by Gasteiger charge is -2.18. The molecule has 3 aromatic rings. The summed E-state index contributed by atoms with van der Waals surface area (Å²) in [5, 5.41) is 2.88. The maximum Gasteiger partial charge on any atom is 0.257 e. The fraction of sp³-hybridized carbons (Fsp3) is 0.143. The van der Waals surface area contributed by atoms with Crippen molar-refractivity contribution in [2.24, 2.45) is 0 Å². The number of hydrogen-bond donors (Lipinski definition) is 1. The third-order valence-corrected chi connectivity index (χ3v) is 4.01. The van der Waals surface area contributed by atoms with Crippen molar-refractivity contribution in [1.82, 2.24) is 10.3 Å². The highest BCUT2D eigenvalue weighted by molar-refractivity contribution is 5.96. The number of benzene rings is 2. The summed E-state index contributed by atoms with van der Waals surface area (Å²) in [6.07, 6.45) is 1.62. The van der Waals surface area contributed by atoms with E-state index in [0.717, 1.165) is 17.8 Å². The number of carbonyl (C=O) groups is 1. The molecule has 3 rings (SSSR count). The van der Waals surface area contributed by atoms with Gasteiger partial charge in [0.05, 0.1) is 12.2 Å². The number of amides is 1. The third-order valence-electron chi connectivity index (χ3n) is 4.01. The molecule has 0 radical (unpaired) electrons. The van der Waals surface area contributed by atoms with Crippen LogP contribution in [0.4, 0.5) is 8.78 Å². The van der Waals surface area contributed by atoms with Crippen molar-refractivity contribution in [2.75, 3.05) is 0 Å². The lowest BCUT2D eigenvalue weighted by molar-refractivity contribution is 0.0932. The topological polar surface area (TPSA) is 51.2 Å². The molecule has 2 aromatic carbocycles. The predicted molar refractivity (Wildman–Crippen MR) is 97.6 cm³/mol. The van der Waals surface area contributed by atoms with E-state index in [4.69, 9.17) is 4.74 Å². The van der Waals surface area contributed by atoms with Gasteiger partial charge in [-0.25, -0.2) is 13.8 Å². The summed E-state index contributed by atoms with van der Waals surface area (Å²) >= 11 is 0. The summed E-state index contributed by atoms with van der Waals surface area (Å²) in [5.74, 6) is -1.33. The molecule has 27 heavy (non-hydrogen) atoms. The second-order valence-corrected chi connectivity index (χ2v) is 5.91. The van der Waals surface area contributed by atoms with Gasteiger partial charge < -0.3 is 10.1 Å². The van der Waals surface area contributed by atoms with Gasteiger partial charge in [0.1, 0.15) is 22.9 Å². The average molecular weight is 368 g/mol. The van der Waals surface area contributed by atoms with Crippen molar-refractivity contribution in [1.29, 1.82) is 0 Å². The number of halogens is 2. The van der Waals surface area contributed by atoms with E-state index in [0.29, 0.717) is 12.2 Å². The van der Waals surface area contributed by atoms with E-state index < -0.39 is 17.5 Å². The van der Waals surface area contributed by atoms with Crippen molar-refractivity contribution >= 4 is 5.91 Å². The van der Waals surface area contributed by atoms with Crippen LogP contribution in [-0.4, -0.2) is 10.9 Å². The van der Waals surface area contributed by atoms with Gasteiger partial charge in [0, 0.05) is 0 Å². The quantitative estimate of drug-likeness (QED) is 0.664. The minimum atomic E-state index is -0.653. The molecule has 0 fully saturated rings. The molecule has 0 saturated carbocycles. The normalized spacial score (nSPS) is 11.7. The average Bonchev–Trinajstić information content (AvgIpc) is 2.69. The molecule has 0 saturated heterocycles. The van der Waals surface area contributed by atoms with Crippen molar-refractivity contribution in [3.05, 3.63) is 89.6 Å². The highest BCUT2D eigenvalue weighted by Crippen LogP contribution is 2.25. The van der Waals surface area contributed by atoms with E-state index in [1.807, 2.05) is 37.3 Å². The van der Waals surface area contributed by atoms with Gasteiger partial charge in [-0.3, -0.25) is 4.79 Å².